The summed E-state index contributed by atoms with van der Waals surface area (Å²) in [6, 6.07) is 0. The topological polar surface area (TPSA) is 106 Å². The number of sulfonamides is 1. The Kier molecular flexibility index (Phi) is 6.54. The van der Waals surface area contributed by atoms with Crippen LogP contribution in [0.25, 0.3) is 0 Å². The summed E-state index contributed by atoms with van der Waals surface area (Å²) < 4.78 is 24.8. The van der Waals surface area contributed by atoms with Gasteiger partial charge in [0.15, 0.2) is 0 Å². The van der Waals surface area contributed by atoms with Crippen molar-refractivity contribution in [2.24, 2.45) is 17.4 Å². The predicted molar refractivity (Wildman–Crippen MR) is 63.1 cm³/mol. The highest BCUT2D eigenvalue weighted by molar-refractivity contribution is 7.89. The summed E-state index contributed by atoms with van der Waals surface area (Å²) >= 11 is 0. The van der Waals surface area contributed by atoms with Gasteiger partial charge in [0, 0.05) is 6.54 Å². The number of nitrogens with two attached hydrogens (primary N) is 2. The third-order valence-corrected chi connectivity index (χ3v) is 3.77. The molecule has 0 fully saturated rings. The van der Waals surface area contributed by atoms with Gasteiger partial charge < -0.3 is 11.5 Å². The van der Waals surface area contributed by atoms with Crippen molar-refractivity contribution in [1.29, 1.82) is 0 Å². The van der Waals surface area contributed by atoms with E-state index >= 15 is 0 Å². The fourth-order valence-electron chi connectivity index (χ4n) is 1.25. The smallest absolute Gasteiger partial charge is 0.232 e. The number of carbonyl (C=O) groups excluding carboxylic acids is 1. The normalized spacial score (nSPS) is 12.3. The fourth-order valence-corrected chi connectivity index (χ4v) is 2.89. The van der Waals surface area contributed by atoms with Crippen molar-refractivity contribution in [3.05, 3.63) is 0 Å². The molecule has 0 unspecified atom stereocenters. The Morgan fingerprint density at radius 1 is 1.38 bits per heavy atom. The second-order valence-corrected chi connectivity index (χ2v) is 6.20. The first-order chi connectivity index (χ1) is 7.29. The minimum absolute atomic E-state index is 0.0382. The molecule has 0 aliphatic heterocycles. The van der Waals surface area contributed by atoms with Gasteiger partial charge in [-0.15, -0.1) is 0 Å². The number of carbonyl (C=O) groups is 1. The minimum Gasteiger partial charge on any atom is -0.369 e. The molecule has 0 rings (SSSR count). The van der Waals surface area contributed by atoms with Crippen LogP contribution in [0.5, 0.6) is 0 Å². The second-order valence-electron chi connectivity index (χ2n) is 4.11. The molecule has 6 nitrogen and oxygen atoms in total. The summed E-state index contributed by atoms with van der Waals surface area (Å²) in [4.78, 5) is 10.8. The van der Waals surface area contributed by atoms with Gasteiger partial charge >= 0.3 is 0 Å². The maximum Gasteiger partial charge on any atom is 0.232 e. The van der Waals surface area contributed by atoms with Gasteiger partial charge in [0.05, 0.1) is 12.3 Å². The number of rotatable bonds is 8. The molecule has 0 radical (unpaired) electrons. The Morgan fingerprint density at radius 2 is 1.94 bits per heavy atom. The summed E-state index contributed by atoms with van der Waals surface area (Å²) in [6.07, 6.45) is 0.385. The maximum absolute atomic E-state index is 11.8. The van der Waals surface area contributed by atoms with Crippen molar-refractivity contribution in [2.75, 3.05) is 25.4 Å². The van der Waals surface area contributed by atoms with Gasteiger partial charge in [0.2, 0.25) is 15.9 Å². The third-order valence-electron chi connectivity index (χ3n) is 1.90. The van der Waals surface area contributed by atoms with E-state index in [2.05, 4.69) is 0 Å². The van der Waals surface area contributed by atoms with Crippen molar-refractivity contribution in [1.82, 2.24) is 4.31 Å². The molecule has 16 heavy (non-hydrogen) atoms. The molecule has 4 N–H and O–H groups in total. The number of hydrogen-bond acceptors (Lipinski definition) is 4. The van der Waals surface area contributed by atoms with Gasteiger partial charge in [0.25, 0.3) is 0 Å². The van der Waals surface area contributed by atoms with E-state index in [1.165, 1.54) is 0 Å². The molecule has 0 heterocycles. The Bertz CT molecular complexity index is 314. The molecule has 0 aliphatic rings. The van der Waals surface area contributed by atoms with Gasteiger partial charge in [-0.05, 0) is 18.9 Å². The molecular weight excluding hydrogens is 230 g/mol. The second kappa shape index (κ2) is 6.82. The standard InChI is InChI=1S/C9H21N3O3S/c1-8(2)6-12(7-9(11)13)16(14,15)5-3-4-10/h8H,3-7,10H2,1-2H3,(H2,11,13). The predicted octanol–water partition coefficient (Wildman–Crippen LogP) is -0.892. The molecule has 0 bridgehead atoms. The minimum atomic E-state index is -3.42. The van der Waals surface area contributed by atoms with Crippen LogP contribution in [0.3, 0.4) is 0 Å². The van der Waals surface area contributed by atoms with Crippen LogP contribution in [0.15, 0.2) is 0 Å². The Balaban J connectivity index is 4.65. The molecule has 0 atom stereocenters. The van der Waals surface area contributed by atoms with Crippen LogP contribution in [0, 0.1) is 5.92 Å². The summed E-state index contributed by atoms with van der Waals surface area (Å²) in [6.45, 7) is 4.12. The van der Waals surface area contributed by atoms with Gasteiger partial charge in [-0.25, -0.2) is 8.42 Å². The molecule has 0 spiro atoms. The summed E-state index contributed by atoms with van der Waals surface area (Å²) in [7, 11) is -3.42. The van der Waals surface area contributed by atoms with E-state index in [4.69, 9.17) is 11.5 Å². The Hall–Kier alpha value is -0.660. The zero-order chi connectivity index (χ0) is 12.8. The molecular formula is C9H21N3O3S. The van der Waals surface area contributed by atoms with Crippen molar-refractivity contribution in [2.45, 2.75) is 20.3 Å². The van der Waals surface area contributed by atoms with E-state index in [1.807, 2.05) is 13.8 Å². The summed E-state index contributed by atoms with van der Waals surface area (Å²) in [5, 5.41) is 0. The Morgan fingerprint density at radius 3 is 2.31 bits per heavy atom. The van der Waals surface area contributed by atoms with Crippen LogP contribution < -0.4 is 11.5 Å². The molecule has 96 valence electrons. The SMILES string of the molecule is CC(C)CN(CC(N)=O)S(=O)(=O)CCCN. The van der Waals surface area contributed by atoms with E-state index in [1.54, 1.807) is 0 Å². The van der Waals surface area contributed by atoms with Gasteiger partial charge in [0.1, 0.15) is 0 Å². The molecule has 1 amide bonds. The first kappa shape index (κ1) is 15.3. The highest BCUT2D eigenvalue weighted by atomic mass is 32.2. The van der Waals surface area contributed by atoms with Crippen LogP contribution >= 0.6 is 0 Å². The zero-order valence-corrected chi connectivity index (χ0v) is 10.7. The quantitative estimate of drug-likeness (QED) is 0.583. The van der Waals surface area contributed by atoms with Crippen LogP contribution in [0.1, 0.15) is 20.3 Å². The van der Waals surface area contributed by atoms with Crippen molar-refractivity contribution in [3.63, 3.8) is 0 Å². The molecule has 0 aromatic rings. The highest BCUT2D eigenvalue weighted by Crippen LogP contribution is 2.07. The van der Waals surface area contributed by atoms with Crippen LogP contribution in [0.2, 0.25) is 0 Å². The van der Waals surface area contributed by atoms with Crippen molar-refractivity contribution >= 4 is 15.9 Å². The third kappa shape index (κ3) is 6.04. The lowest BCUT2D eigenvalue weighted by atomic mass is 10.2. The maximum atomic E-state index is 11.8. The van der Waals surface area contributed by atoms with Crippen LogP contribution in [-0.4, -0.2) is 44.0 Å². The largest absolute Gasteiger partial charge is 0.369 e. The van der Waals surface area contributed by atoms with E-state index in [9.17, 15) is 13.2 Å². The number of nitrogens with zero attached hydrogens (tertiary/aromatic N) is 1. The van der Waals surface area contributed by atoms with Crippen LogP contribution in [-0.2, 0) is 14.8 Å². The van der Waals surface area contributed by atoms with E-state index < -0.39 is 15.9 Å². The Labute approximate surface area is 97.0 Å². The monoisotopic (exact) mass is 251 g/mol. The first-order valence-electron chi connectivity index (χ1n) is 5.25. The fraction of sp³-hybridized carbons (Fsp3) is 0.889. The molecule has 7 heteroatoms. The lowest BCUT2D eigenvalue weighted by Crippen LogP contribution is -2.41. The number of primary amides is 1. The van der Waals surface area contributed by atoms with E-state index in [-0.39, 0.29) is 18.2 Å². The highest BCUT2D eigenvalue weighted by Gasteiger charge is 2.23. The average Bonchev–Trinajstić information content (AvgIpc) is 2.12. The summed E-state index contributed by atoms with van der Waals surface area (Å²) in [5.41, 5.74) is 10.3. The first-order valence-corrected chi connectivity index (χ1v) is 6.86. The van der Waals surface area contributed by atoms with Crippen molar-refractivity contribution < 1.29 is 13.2 Å². The van der Waals surface area contributed by atoms with Gasteiger partial charge in [-0.2, -0.15) is 4.31 Å². The average molecular weight is 251 g/mol. The molecule has 0 saturated carbocycles. The lowest BCUT2D eigenvalue weighted by Gasteiger charge is -2.22. The lowest BCUT2D eigenvalue weighted by molar-refractivity contribution is -0.118. The van der Waals surface area contributed by atoms with Crippen molar-refractivity contribution in [3.8, 4) is 0 Å². The van der Waals surface area contributed by atoms with Crippen LogP contribution in [0.4, 0.5) is 0 Å². The molecule has 0 aliphatic carbocycles. The number of hydrogen-bond donors (Lipinski definition) is 2. The van der Waals surface area contributed by atoms with Gasteiger partial charge in [-0.1, -0.05) is 13.8 Å². The molecule has 0 aromatic carbocycles. The number of amides is 1. The molecule has 0 saturated heterocycles. The molecule has 0 aromatic heterocycles. The van der Waals surface area contributed by atoms with Gasteiger partial charge in [-0.3, -0.25) is 4.79 Å². The summed E-state index contributed by atoms with van der Waals surface area (Å²) in [5.74, 6) is -0.535. The van der Waals surface area contributed by atoms with E-state index in [0.29, 0.717) is 19.5 Å². The van der Waals surface area contributed by atoms with E-state index in [0.717, 1.165) is 4.31 Å². The zero-order valence-electron chi connectivity index (χ0n) is 9.85.